The molecule has 3 atom stereocenters. The molecule has 180 valence electrons. The molecule has 0 bridgehead atoms. The number of hydrogen-bond donors (Lipinski definition) is 2. The van der Waals surface area contributed by atoms with Crippen molar-refractivity contribution in [2.24, 2.45) is 5.92 Å². The Bertz CT molecular complexity index is 757. The zero-order valence-electron chi connectivity index (χ0n) is 20.3. The summed E-state index contributed by atoms with van der Waals surface area (Å²) < 4.78 is 11.1. The van der Waals surface area contributed by atoms with Crippen molar-refractivity contribution in [2.45, 2.75) is 65.2 Å². The molecule has 0 radical (unpaired) electrons. The first kappa shape index (κ1) is 27.6. The lowest BCUT2D eigenvalue weighted by molar-refractivity contribution is -0.130. The van der Waals surface area contributed by atoms with Crippen LogP contribution in [0.5, 0.6) is 0 Å². The molecule has 0 saturated carbocycles. The fraction of sp³-hybridized carbons (Fsp3) is 0.625. The van der Waals surface area contributed by atoms with Crippen LogP contribution in [-0.2, 0) is 14.3 Å². The lowest BCUT2D eigenvalue weighted by Gasteiger charge is -2.34. The Morgan fingerprint density at radius 1 is 1.19 bits per heavy atom. The van der Waals surface area contributed by atoms with Gasteiger partial charge in [0.2, 0.25) is 5.91 Å². The average Bonchev–Trinajstić information content (AvgIpc) is 3.22. The van der Waals surface area contributed by atoms with Crippen LogP contribution in [0, 0.1) is 12.8 Å². The molecular formula is C24H38N2O6. The van der Waals surface area contributed by atoms with Crippen molar-refractivity contribution in [2.75, 3.05) is 27.3 Å². The maximum absolute atomic E-state index is 12.7. The smallest absolute Gasteiger partial charge is 0.410 e. The first-order chi connectivity index (χ1) is 15.0. The van der Waals surface area contributed by atoms with E-state index in [0.29, 0.717) is 12.1 Å². The van der Waals surface area contributed by atoms with Gasteiger partial charge in [-0.2, -0.15) is 0 Å². The lowest BCUT2D eigenvalue weighted by atomic mass is 9.95. The fourth-order valence-corrected chi connectivity index (χ4v) is 3.69. The van der Waals surface area contributed by atoms with Crippen LogP contribution in [0.1, 0.15) is 56.5 Å². The molecule has 1 heterocycles. The number of carbonyl (C=O) groups excluding carboxylic acids is 3. The molecule has 0 aromatic heterocycles. The Morgan fingerprint density at radius 2 is 1.78 bits per heavy atom. The van der Waals surface area contributed by atoms with Crippen LogP contribution in [0.25, 0.3) is 0 Å². The number of benzene rings is 1. The molecule has 2 rings (SSSR count). The molecule has 3 unspecified atom stereocenters. The Hall–Kier alpha value is -2.45. The third-order valence-corrected chi connectivity index (χ3v) is 5.28. The van der Waals surface area contributed by atoms with E-state index in [1.54, 1.807) is 24.0 Å². The van der Waals surface area contributed by atoms with Gasteiger partial charge in [0.25, 0.3) is 0 Å². The van der Waals surface area contributed by atoms with Gasteiger partial charge in [-0.3, -0.25) is 9.59 Å². The van der Waals surface area contributed by atoms with Crippen molar-refractivity contribution in [1.29, 1.82) is 0 Å². The SMILES string of the molecule is CO.COC(C(C)C(=O)NCC(=O)c1ccc(C)cc1)C1CCCN1C(=O)OC(C)(C)C. The number of hydrogen-bond acceptors (Lipinski definition) is 6. The second-order valence-electron chi connectivity index (χ2n) is 8.88. The first-order valence-electron chi connectivity index (χ1n) is 10.9. The summed E-state index contributed by atoms with van der Waals surface area (Å²) in [5.41, 5.74) is 1.04. The summed E-state index contributed by atoms with van der Waals surface area (Å²) in [6, 6.07) is 6.98. The molecule has 8 nitrogen and oxygen atoms in total. The summed E-state index contributed by atoms with van der Waals surface area (Å²) in [7, 11) is 2.54. The molecule has 8 heteroatoms. The van der Waals surface area contributed by atoms with E-state index in [1.165, 1.54) is 7.11 Å². The van der Waals surface area contributed by atoms with Crippen molar-refractivity contribution < 1.29 is 29.0 Å². The summed E-state index contributed by atoms with van der Waals surface area (Å²) in [4.78, 5) is 39.3. The highest BCUT2D eigenvalue weighted by Crippen LogP contribution is 2.28. The standard InChI is InChI=1S/C23H34N2O5.CH4O/c1-15-9-11-17(12-10-15)19(26)14-24-21(27)16(2)20(29-6)18-8-7-13-25(18)22(28)30-23(3,4)5;1-2/h9-12,16,18,20H,7-8,13-14H2,1-6H3,(H,24,27);2H,1H3. The zero-order chi connectivity index (χ0) is 24.5. The number of likely N-dealkylation sites (tertiary alicyclic amines) is 1. The minimum absolute atomic E-state index is 0.0802. The highest BCUT2D eigenvalue weighted by Gasteiger charge is 2.41. The van der Waals surface area contributed by atoms with Crippen molar-refractivity contribution in [1.82, 2.24) is 10.2 Å². The average molecular weight is 451 g/mol. The number of ether oxygens (including phenoxy) is 2. The number of carbonyl (C=O) groups is 3. The van der Waals surface area contributed by atoms with Gasteiger partial charge in [0.1, 0.15) is 5.60 Å². The first-order valence-corrected chi connectivity index (χ1v) is 10.9. The summed E-state index contributed by atoms with van der Waals surface area (Å²) in [5.74, 6) is -0.965. The fourth-order valence-electron chi connectivity index (χ4n) is 3.69. The number of aryl methyl sites for hydroxylation is 1. The zero-order valence-corrected chi connectivity index (χ0v) is 20.3. The maximum Gasteiger partial charge on any atom is 0.410 e. The number of aliphatic hydroxyl groups is 1. The third-order valence-electron chi connectivity index (χ3n) is 5.28. The van der Waals surface area contributed by atoms with Gasteiger partial charge >= 0.3 is 6.09 Å². The Labute approximate surface area is 191 Å². The number of amides is 2. The molecule has 1 saturated heterocycles. The third kappa shape index (κ3) is 7.91. The number of Topliss-reactive ketones (excluding diaryl/α,β-unsaturated/α-hetero) is 1. The van der Waals surface area contributed by atoms with Crippen LogP contribution in [-0.4, -0.2) is 72.8 Å². The maximum atomic E-state index is 12.7. The van der Waals surface area contributed by atoms with Gasteiger partial charge < -0.3 is 24.8 Å². The van der Waals surface area contributed by atoms with Gasteiger partial charge in [-0.25, -0.2) is 4.79 Å². The molecule has 1 aliphatic heterocycles. The Balaban J connectivity index is 0.00000249. The number of methoxy groups -OCH3 is 1. The molecule has 0 spiro atoms. The molecule has 0 aliphatic carbocycles. The Kier molecular flexibility index (Phi) is 10.8. The van der Waals surface area contributed by atoms with Crippen molar-refractivity contribution in [3.05, 3.63) is 35.4 Å². The molecule has 2 amide bonds. The van der Waals surface area contributed by atoms with E-state index in [2.05, 4.69) is 5.32 Å². The van der Waals surface area contributed by atoms with Gasteiger partial charge in [0.15, 0.2) is 5.78 Å². The predicted molar refractivity (Wildman–Crippen MR) is 123 cm³/mol. The number of nitrogens with one attached hydrogen (secondary N) is 1. The second-order valence-corrected chi connectivity index (χ2v) is 8.88. The van der Waals surface area contributed by atoms with Crippen LogP contribution in [0.2, 0.25) is 0 Å². The van der Waals surface area contributed by atoms with E-state index in [0.717, 1.165) is 25.5 Å². The lowest BCUT2D eigenvalue weighted by Crippen LogP contribution is -2.51. The minimum atomic E-state index is -0.591. The molecule has 1 fully saturated rings. The predicted octanol–water partition coefficient (Wildman–Crippen LogP) is 2.95. The number of ketones is 1. The van der Waals surface area contributed by atoms with E-state index in [9.17, 15) is 14.4 Å². The van der Waals surface area contributed by atoms with Gasteiger partial charge in [-0.05, 0) is 40.5 Å². The summed E-state index contributed by atoms with van der Waals surface area (Å²) in [5, 5.41) is 9.71. The topological polar surface area (TPSA) is 105 Å². The minimum Gasteiger partial charge on any atom is -0.444 e. The molecule has 32 heavy (non-hydrogen) atoms. The largest absolute Gasteiger partial charge is 0.444 e. The van der Waals surface area contributed by atoms with Crippen LogP contribution in [0.4, 0.5) is 4.79 Å². The van der Waals surface area contributed by atoms with E-state index < -0.39 is 23.7 Å². The van der Waals surface area contributed by atoms with Gasteiger partial charge in [0, 0.05) is 26.3 Å². The van der Waals surface area contributed by atoms with Crippen LogP contribution in [0.15, 0.2) is 24.3 Å². The highest BCUT2D eigenvalue weighted by molar-refractivity contribution is 5.99. The Morgan fingerprint density at radius 3 is 2.31 bits per heavy atom. The molecule has 2 N–H and O–H groups in total. The van der Waals surface area contributed by atoms with Crippen LogP contribution >= 0.6 is 0 Å². The summed E-state index contributed by atoms with van der Waals surface area (Å²) in [6.45, 7) is 9.67. The molecule has 1 aromatic carbocycles. The second kappa shape index (κ2) is 12.6. The summed E-state index contributed by atoms with van der Waals surface area (Å²) in [6.07, 6.45) is 0.672. The van der Waals surface area contributed by atoms with Crippen LogP contribution in [0.3, 0.4) is 0 Å². The highest BCUT2D eigenvalue weighted by atomic mass is 16.6. The van der Waals surface area contributed by atoms with Gasteiger partial charge in [-0.15, -0.1) is 0 Å². The molecular weight excluding hydrogens is 412 g/mol. The molecule has 1 aromatic rings. The van der Waals surface area contributed by atoms with E-state index in [1.807, 2.05) is 39.8 Å². The van der Waals surface area contributed by atoms with E-state index in [4.69, 9.17) is 14.6 Å². The van der Waals surface area contributed by atoms with Gasteiger partial charge in [-0.1, -0.05) is 36.8 Å². The van der Waals surface area contributed by atoms with Gasteiger partial charge in [0.05, 0.1) is 24.6 Å². The van der Waals surface area contributed by atoms with Crippen molar-refractivity contribution in [3.63, 3.8) is 0 Å². The number of rotatable bonds is 7. The molecule has 1 aliphatic rings. The monoisotopic (exact) mass is 450 g/mol. The normalized spacial score (nSPS) is 17.6. The van der Waals surface area contributed by atoms with Crippen molar-refractivity contribution >= 4 is 17.8 Å². The number of nitrogens with zero attached hydrogens (tertiary/aromatic N) is 1. The number of aliphatic hydroxyl groups excluding tert-OH is 1. The summed E-state index contributed by atoms with van der Waals surface area (Å²) >= 11 is 0. The van der Waals surface area contributed by atoms with Crippen molar-refractivity contribution in [3.8, 4) is 0 Å². The van der Waals surface area contributed by atoms with E-state index >= 15 is 0 Å². The van der Waals surface area contributed by atoms with Crippen LogP contribution < -0.4 is 5.32 Å². The van der Waals surface area contributed by atoms with E-state index in [-0.39, 0.29) is 24.3 Å². The quantitative estimate of drug-likeness (QED) is 0.619.